The number of hydrogen-bond acceptors (Lipinski definition) is 1. The second-order valence-electron chi connectivity index (χ2n) is 2.00. The molecule has 3 heteroatoms. The molecule has 0 unspecified atom stereocenters. The van der Waals surface area contributed by atoms with E-state index in [1.807, 2.05) is 18.2 Å². The van der Waals surface area contributed by atoms with Crippen LogP contribution in [-0.4, -0.2) is 10.2 Å². The van der Waals surface area contributed by atoms with Crippen molar-refractivity contribution in [1.82, 2.24) is 10.2 Å². The molecular weight excluding hydrogens is 192 g/mol. The van der Waals surface area contributed by atoms with E-state index < -0.39 is 0 Å². The summed E-state index contributed by atoms with van der Waals surface area (Å²) in [5, 5.41) is 7.61. The lowest BCUT2D eigenvalue weighted by Crippen LogP contribution is -1.67. The van der Waals surface area contributed by atoms with Gasteiger partial charge < -0.3 is 0 Å². The van der Waals surface area contributed by atoms with Crippen molar-refractivity contribution >= 4 is 26.8 Å². The van der Waals surface area contributed by atoms with Gasteiger partial charge in [-0.25, -0.2) is 0 Å². The highest BCUT2D eigenvalue weighted by molar-refractivity contribution is 9.10. The minimum atomic E-state index is 1.00. The fourth-order valence-electron chi connectivity index (χ4n) is 0.875. The quantitative estimate of drug-likeness (QED) is 0.686. The van der Waals surface area contributed by atoms with E-state index in [1.54, 1.807) is 0 Å². The smallest absolute Gasteiger partial charge is 0.122 e. The Morgan fingerprint density at radius 3 is 3.20 bits per heavy atom. The van der Waals surface area contributed by atoms with Gasteiger partial charge in [0.2, 0.25) is 0 Å². The zero-order valence-electron chi connectivity index (χ0n) is 5.06. The van der Waals surface area contributed by atoms with Crippen molar-refractivity contribution in [2.24, 2.45) is 0 Å². The third kappa shape index (κ3) is 0.743. The van der Waals surface area contributed by atoms with Crippen LogP contribution in [0.2, 0.25) is 0 Å². The number of aromatic amines is 1. The lowest BCUT2D eigenvalue weighted by atomic mass is 10.3. The standard InChI is InChI=1S/C7H4BrN2/c8-6-2-1-3-7-5(6)4-9-10-7/h1-3H,(H,9,10). The number of halogens is 1. The summed E-state index contributed by atoms with van der Waals surface area (Å²) in [5.41, 5.74) is 1.01. The first-order chi connectivity index (χ1) is 4.88. The third-order valence-corrected chi connectivity index (χ3v) is 2.02. The molecule has 0 fully saturated rings. The second-order valence-corrected chi connectivity index (χ2v) is 2.85. The van der Waals surface area contributed by atoms with Gasteiger partial charge in [-0.3, -0.25) is 5.10 Å². The van der Waals surface area contributed by atoms with Crippen LogP contribution >= 0.6 is 15.9 Å². The summed E-state index contributed by atoms with van der Waals surface area (Å²) in [6, 6.07) is 5.89. The first-order valence-electron chi connectivity index (χ1n) is 2.88. The number of aromatic nitrogens is 2. The summed E-state index contributed by atoms with van der Waals surface area (Å²) in [6.45, 7) is 0. The van der Waals surface area contributed by atoms with Gasteiger partial charge in [0.1, 0.15) is 6.20 Å². The van der Waals surface area contributed by atoms with Crippen LogP contribution in [0.4, 0.5) is 0 Å². The summed E-state index contributed by atoms with van der Waals surface area (Å²) in [4.78, 5) is 0. The maximum Gasteiger partial charge on any atom is 0.122 e. The lowest BCUT2D eigenvalue weighted by molar-refractivity contribution is 1.11. The minimum Gasteiger partial charge on any atom is -0.277 e. The molecule has 49 valence electrons. The maximum atomic E-state index is 3.78. The number of hydrogen-bond donors (Lipinski definition) is 1. The van der Waals surface area contributed by atoms with Gasteiger partial charge in [0, 0.05) is 9.86 Å². The molecule has 1 N–H and O–H groups in total. The zero-order chi connectivity index (χ0) is 6.97. The van der Waals surface area contributed by atoms with Gasteiger partial charge in [-0.15, -0.1) is 0 Å². The van der Waals surface area contributed by atoms with E-state index in [1.165, 1.54) is 0 Å². The van der Waals surface area contributed by atoms with Gasteiger partial charge in [0.25, 0.3) is 0 Å². The van der Waals surface area contributed by atoms with Crippen LogP contribution in [0.25, 0.3) is 10.9 Å². The molecule has 2 nitrogen and oxygen atoms in total. The molecule has 10 heavy (non-hydrogen) atoms. The number of benzene rings is 1. The van der Waals surface area contributed by atoms with Crippen molar-refractivity contribution in [1.29, 1.82) is 0 Å². The van der Waals surface area contributed by atoms with E-state index in [4.69, 9.17) is 0 Å². The molecular formula is C7H4BrN2. The average molecular weight is 196 g/mol. The van der Waals surface area contributed by atoms with E-state index >= 15 is 0 Å². The van der Waals surface area contributed by atoms with Crippen LogP contribution in [0.3, 0.4) is 0 Å². The molecule has 0 saturated heterocycles. The molecule has 2 aromatic rings. The number of nitrogens with one attached hydrogen (secondary N) is 1. The van der Waals surface area contributed by atoms with Gasteiger partial charge in [0.15, 0.2) is 0 Å². The largest absolute Gasteiger partial charge is 0.277 e. The molecule has 0 saturated carbocycles. The van der Waals surface area contributed by atoms with Crippen LogP contribution in [0, 0.1) is 6.20 Å². The Hall–Kier alpha value is -0.830. The lowest BCUT2D eigenvalue weighted by Gasteiger charge is -1.88. The first-order valence-corrected chi connectivity index (χ1v) is 3.67. The maximum absolute atomic E-state index is 3.78. The van der Waals surface area contributed by atoms with Gasteiger partial charge in [-0.2, -0.15) is 5.10 Å². The van der Waals surface area contributed by atoms with E-state index in [0.717, 1.165) is 15.4 Å². The fourth-order valence-corrected chi connectivity index (χ4v) is 1.33. The Morgan fingerprint density at radius 2 is 2.40 bits per heavy atom. The Labute approximate surface area is 66.4 Å². The Morgan fingerprint density at radius 1 is 1.50 bits per heavy atom. The van der Waals surface area contributed by atoms with E-state index in [2.05, 4.69) is 32.3 Å². The van der Waals surface area contributed by atoms with Gasteiger partial charge in [-0.05, 0) is 12.1 Å². The number of rotatable bonds is 0. The molecule has 0 amide bonds. The van der Waals surface area contributed by atoms with Crippen molar-refractivity contribution in [3.8, 4) is 0 Å². The molecule has 1 heterocycles. The second kappa shape index (κ2) is 2.09. The molecule has 1 radical (unpaired) electrons. The van der Waals surface area contributed by atoms with E-state index in [-0.39, 0.29) is 0 Å². The Bertz CT molecular complexity index is 353. The van der Waals surface area contributed by atoms with Crippen molar-refractivity contribution in [2.45, 2.75) is 0 Å². The molecule has 0 aliphatic heterocycles. The predicted molar refractivity (Wildman–Crippen MR) is 42.6 cm³/mol. The van der Waals surface area contributed by atoms with Crippen molar-refractivity contribution < 1.29 is 0 Å². The highest BCUT2D eigenvalue weighted by Gasteiger charge is 1.97. The van der Waals surface area contributed by atoms with Crippen molar-refractivity contribution in [3.05, 3.63) is 28.9 Å². The molecule has 0 atom stereocenters. The van der Waals surface area contributed by atoms with Crippen LogP contribution in [0.1, 0.15) is 0 Å². The average Bonchev–Trinajstić information content (AvgIpc) is 2.36. The van der Waals surface area contributed by atoms with Gasteiger partial charge in [-0.1, -0.05) is 22.0 Å². The third-order valence-electron chi connectivity index (χ3n) is 1.36. The van der Waals surface area contributed by atoms with Crippen LogP contribution in [0.15, 0.2) is 22.7 Å². The van der Waals surface area contributed by atoms with Crippen LogP contribution < -0.4 is 0 Å². The summed E-state index contributed by atoms with van der Waals surface area (Å²) >= 11 is 3.38. The molecule has 0 bridgehead atoms. The highest BCUT2D eigenvalue weighted by Crippen LogP contribution is 2.20. The molecule has 0 aliphatic rings. The number of nitrogens with zero attached hydrogens (tertiary/aromatic N) is 1. The molecule has 1 aromatic carbocycles. The van der Waals surface area contributed by atoms with E-state index in [0.29, 0.717) is 0 Å². The topological polar surface area (TPSA) is 28.7 Å². The molecule has 0 aliphatic carbocycles. The number of fused-ring (bicyclic) bond motifs is 1. The molecule has 0 spiro atoms. The van der Waals surface area contributed by atoms with Crippen LogP contribution in [0.5, 0.6) is 0 Å². The van der Waals surface area contributed by atoms with Crippen molar-refractivity contribution in [2.75, 3.05) is 0 Å². The van der Waals surface area contributed by atoms with Gasteiger partial charge in [0.05, 0.1) is 5.52 Å². The summed E-state index contributed by atoms with van der Waals surface area (Å²) < 4.78 is 1.03. The van der Waals surface area contributed by atoms with E-state index in [9.17, 15) is 0 Å². The SMILES string of the molecule is Brc1cccc2[nH]n[c]c12. The molecule has 2 rings (SSSR count). The summed E-state index contributed by atoms with van der Waals surface area (Å²) in [5.74, 6) is 0. The van der Waals surface area contributed by atoms with Crippen LogP contribution in [-0.2, 0) is 0 Å². The Kier molecular flexibility index (Phi) is 1.24. The Balaban J connectivity index is 2.95. The molecule has 1 aromatic heterocycles. The summed E-state index contributed by atoms with van der Waals surface area (Å²) in [6.07, 6.45) is 2.84. The fraction of sp³-hybridized carbons (Fsp3) is 0. The normalized spacial score (nSPS) is 10.5. The number of H-pyrrole nitrogens is 1. The zero-order valence-corrected chi connectivity index (χ0v) is 6.64. The monoisotopic (exact) mass is 195 g/mol. The minimum absolute atomic E-state index is 1.00. The highest BCUT2D eigenvalue weighted by atomic mass is 79.9. The van der Waals surface area contributed by atoms with Gasteiger partial charge >= 0.3 is 0 Å². The summed E-state index contributed by atoms with van der Waals surface area (Å²) in [7, 11) is 0. The predicted octanol–water partition coefficient (Wildman–Crippen LogP) is 2.13. The first kappa shape index (κ1) is 5.92. The van der Waals surface area contributed by atoms with Crippen molar-refractivity contribution in [3.63, 3.8) is 0 Å².